The number of alkyl halides is 3. The van der Waals surface area contributed by atoms with Gasteiger partial charge in [0.25, 0.3) is 0 Å². The Morgan fingerprint density at radius 1 is 1.15 bits per heavy atom. The van der Waals surface area contributed by atoms with Gasteiger partial charge in [0.05, 0.1) is 0 Å². The molecule has 1 heterocycles. The van der Waals surface area contributed by atoms with Crippen LogP contribution in [0.15, 0.2) is 0 Å². The minimum absolute atomic E-state index is 0.0203. The molecule has 0 aromatic heterocycles. The van der Waals surface area contributed by atoms with Crippen molar-refractivity contribution in [1.29, 1.82) is 0 Å². The van der Waals surface area contributed by atoms with Gasteiger partial charge in [0, 0.05) is 36.5 Å². The number of carboxylic acid groups (broad SMARTS) is 1. The van der Waals surface area contributed by atoms with Gasteiger partial charge in [-0.3, -0.25) is 9.69 Å². The molecule has 5 nitrogen and oxygen atoms in total. The summed E-state index contributed by atoms with van der Waals surface area (Å²) in [7, 11) is 0. The summed E-state index contributed by atoms with van der Waals surface area (Å²) < 4.78 is 37.0. The topological polar surface area (TPSA) is 60.9 Å². The third-order valence-electron chi connectivity index (χ3n) is 3.91. The third-order valence-corrected chi connectivity index (χ3v) is 3.91. The molecule has 0 spiro atoms. The van der Waals surface area contributed by atoms with Gasteiger partial charge in [-0.1, -0.05) is 0 Å². The number of likely N-dealkylation sites (tertiary alicyclic amines) is 1. The lowest BCUT2D eigenvalue weighted by Crippen LogP contribution is -2.50. The van der Waals surface area contributed by atoms with Crippen LogP contribution in [0.3, 0.4) is 0 Å². The average molecular weight is 294 g/mol. The first-order valence-corrected chi connectivity index (χ1v) is 6.33. The lowest BCUT2D eigenvalue weighted by Gasteiger charge is -2.35. The highest BCUT2D eigenvalue weighted by Crippen LogP contribution is 2.51. The maximum Gasteiger partial charge on any atom is 0.471 e. The van der Waals surface area contributed by atoms with Crippen molar-refractivity contribution in [3.63, 3.8) is 0 Å². The summed E-state index contributed by atoms with van der Waals surface area (Å²) in [4.78, 5) is 24.5. The smallest absolute Gasteiger partial charge is 0.465 e. The van der Waals surface area contributed by atoms with Crippen molar-refractivity contribution in [3.8, 4) is 0 Å². The molecule has 1 saturated heterocycles. The van der Waals surface area contributed by atoms with Gasteiger partial charge in [0.15, 0.2) is 0 Å². The minimum atomic E-state index is -4.86. The largest absolute Gasteiger partial charge is 0.471 e. The van der Waals surface area contributed by atoms with Crippen molar-refractivity contribution in [1.82, 2.24) is 9.80 Å². The molecular formula is C12H17F3N2O3. The Balaban J connectivity index is 2.02. The normalized spacial score (nSPS) is 29.1. The molecule has 0 aromatic rings. The molecule has 3 atom stereocenters. The summed E-state index contributed by atoms with van der Waals surface area (Å²) in [6, 6.07) is -0.287. The van der Waals surface area contributed by atoms with E-state index < -0.39 is 23.7 Å². The summed E-state index contributed by atoms with van der Waals surface area (Å²) in [6.07, 6.45) is -5.94. The van der Waals surface area contributed by atoms with Gasteiger partial charge in [-0.05, 0) is 20.8 Å². The fourth-order valence-corrected chi connectivity index (χ4v) is 3.08. The fourth-order valence-electron chi connectivity index (χ4n) is 3.08. The predicted octanol–water partition coefficient (Wildman–Crippen LogP) is 1.78. The molecular weight excluding hydrogens is 277 g/mol. The summed E-state index contributed by atoms with van der Waals surface area (Å²) in [5.41, 5.74) is -0.611. The third kappa shape index (κ3) is 2.43. The van der Waals surface area contributed by atoms with E-state index in [1.165, 1.54) is 4.90 Å². The zero-order chi connectivity index (χ0) is 15.5. The zero-order valence-corrected chi connectivity index (χ0v) is 11.4. The Kier molecular flexibility index (Phi) is 3.18. The van der Waals surface area contributed by atoms with Crippen LogP contribution in [0.2, 0.25) is 0 Å². The molecule has 1 N–H and O–H groups in total. The van der Waals surface area contributed by atoms with E-state index in [0.29, 0.717) is 0 Å². The number of hydrogen-bond acceptors (Lipinski definition) is 2. The minimum Gasteiger partial charge on any atom is -0.465 e. The number of fused-ring (bicyclic) bond motifs is 1. The highest BCUT2D eigenvalue weighted by atomic mass is 19.4. The molecule has 0 bridgehead atoms. The van der Waals surface area contributed by atoms with Crippen molar-refractivity contribution in [2.45, 2.75) is 38.5 Å². The Labute approximate surface area is 114 Å². The standard InChI is InChI=1S/C12H17F3N2O3/c1-11(2,3)17(10(19)20)8-6-4-16(5-7(6)8)9(18)12(13,14)15/h6-8H,4-5H2,1-3H3,(H,19,20)/t6-,7+,8+. The summed E-state index contributed by atoms with van der Waals surface area (Å²) >= 11 is 0. The fraction of sp³-hybridized carbons (Fsp3) is 0.833. The van der Waals surface area contributed by atoms with Crippen molar-refractivity contribution in [2.24, 2.45) is 11.8 Å². The molecule has 2 rings (SSSR count). The Bertz CT molecular complexity index is 432. The molecule has 2 fully saturated rings. The lowest BCUT2D eigenvalue weighted by atomic mass is 10.1. The monoisotopic (exact) mass is 294 g/mol. The van der Waals surface area contributed by atoms with Crippen molar-refractivity contribution in [2.75, 3.05) is 13.1 Å². The molecule has 0 radical (unpaired) electrons. The maximum atomic E-state index is 12.3. The number of hydrogen-bond donors (Lipinski definition) is 1. The molecule has 114 valence electrons. The summed E-state index contributed by atoms with van der Waals surface area (Å²) in [6.45, 7) is 5.19. The average Bonchev–Trinajstić information content (AvgIpc) is 2.71. The Hall–Kier alpha value is -1.47. The highest BCUT2D eigenvalue weighted by Gasteiger charge is 2.63. The van der Waals surface area contributed by atoms with Crippen LogP contribution in [-0.2, 0) is 4.79 Å². The van der Waals surface area contributed by atoms with Crippen LogP contribution >= 0.6 is 0 Å². The van der Waals surface area contributed by atoms with E-state index in [9.17, 15) is 27.9 Å². The first-order chi connectivity index (χ1) is 8.94. The van der Waals surface area contributed by atoms with Crippen LogP contribution in [0.25, 0.3) is 0 Å². The lowest BCUT2D eigenvalue weighted by molar-refractivity contribution is -0.185. The second-order valence-corrected chi connectivity index (χ2v) is 6.35. The van der Waals surface area contributed by atoms with E-state index in [1.54, 1.807) is 20.8 Å². The molecule has 1 aliphatic carbocycles. The first kappa shape index (κ1) is 14.9. The second-order valence-electron chi connectivity index (χ2n) is 6.35. The Morgan fingerprint density at radius 2 is 1.60 bits per heavy atom. The van der Waals surface area contributed by atoms with Gasteiger partial charge >= 0.3 is 18.2 Å². The quantitative estimate of drug-likeness (QED) is 0.802. The number of nitrogens with zero attached hydrogens (tertiary/aromatic N) is 2. The van der Waals surface area contributed by atoms with Crippen LogP contribution in [0.5, 0.6) is 0 Å². The maximum absolute atomic E-state index is 12.3. The van der Waals surface area contributed by atoms with Gasteiger partial charge in [-0.2, -0.15) is 13.2 Å². The van der Waals surface area contributed by atoms with E-state index in [4.69, 9.17) is 0 Å². The predicted molar refractivity (Wildman–Crippen MR) is 63.0 cm³/mol. The number of piperidine rings is 1. The van der Waals surface area contributed by atoms with Gasteiger partial charge < -0.3 is 10.0 Å². The second kappa shape index (κ2) is 4.26. The van der Waals surface area contributed by atoms with Gasteiger partial charge in [-0.15, -0.1) is 0 Å². The van der Waals surface area contributed by atoms with E-state index in [0.717, 1.165) is 4.90 Å². The van der Waals surface area contributed by atoms with Crippen LogP contribution < -0.4 is 0 Å². The number of carbonyl (C=O) groups excluding carboxylic acids is 1. The summed E-state index contributed by atoms with van der Waals surface area (Å²) in [5.74, 6) is -2.20. The molecule has 0 aromatic carbocycles. The summed E-state index contributed by atoms with van der Waals surface area (Å²) in [5, 5.41) is 9.24. The van der Waals surface area contributed by atoms with E-state index in [1.807, 2.05) is 0 Å². The van der Waals surface area contributed by atoms with Crippen LogP contribution in [0.4, 0.5) is 18.0 Å². The Morgan fingerprint density at radius 3 is 1.90 bits per heavy atom. The number of rotatable bonds is 1. The van der Waals surface area contributed by atoms with E-state index in [-0.39, 0.29) is 31.0 Å². The molecule has 1 aliphatic heterocycles. The van der Waals surface area contributed by atoms with E-state index >= 15 is 0 Å². The zero-order valence-electron chi connectivity index (χ0n) is 11.4. The van der Waals surface area contributed by atoms with Gasteiger partial charge in [0.1, 0.15) is 0 Å². The molecule has 1 saturated carbocycles. The molecule has 8 heteroatoms. The molecule has 20 heavy (non-hydrogen) atoms. The number of carbonyl (C=O) groups is 2. The van der Waals surface area contributed by atoms with Crippen LogP contribution in [0, 0.1) is 11.8 Å². The highest BCUT2D eigenvalue weighted by molar-refractivity contribution is 5.82. The molecule has 2 aliphatic rings. The van der Waals surface area contributed by atoms with Crippen molar-refractivity contribution >= 4 is 12.0 Å². The van der Waals surface area contributed by atoms with E-state index in [2.05, 4.69) is 0 Å². The van der Waals surface area contributed by atoms with Gasteiger partial charge in [0.2, 0.25) is 0 Å². The SMILES string of the molecule is CC(C)(C)N(C(=O)O)[C@H]1[C@@H]2CN(C(=O)C(F)(F)F)C[C@@H]21. The van der Waals surface area contributed by atoms with Crippen LogP contribution in [-0.4, -0.2) is 57.8 Å². The number of amides is 2. The first-order valence-electron chi connectivity index (χ1n) is 6.33. The van der Waals surface area contributed by atoms with Crippen LogP contribution in [0.1, 0.15) is 20.8 Å². The molecule has 0 unspecified atom stereocenters. The molecule has 2 amide bonds. The number of halogens is 3. The van der Waals surface area contributed by atoms with Gasteiger partial charge in [-0.25, -0.2) is 4.79 Å². The van der Waals surface area contributed by atoms with Crippen molar-refractivity contribution in [3.05, 3.63) is 0 Å². The van der Waals surface area contributed by atoms with Crippen molar-refractivity contribution < 1.29 is 27.9 Å².